The molecule has 8 heteroatoms. The number of pyridine rings is 1. The Hall–Kier alpha value is -2.95. The van der Waals surface area contributed by atoms with E-state index in [1.54, 1.807) is 6.20 Å². The first-order valence-electron chi connectivity index (χ1n) is 12.0. The molecule has 2 heterocycles. The zero-order valence-corrected chi connectivity index (χ0v) is 19.3. The number of carbonyl (C=O) groups is 2. The molecule has 174 valence electrons. The van der Waals surface area contributed by atoms with E-state index in [2.05, 4.69) is 10.3 Å². The molecule has 0 radical (unpaired) electrons. The first-order chi connectivity index (χ1) is 15.8. The lowest BCUT2D eigenvalue weighted by Crippen LogP contribution is -2.58. The summed E-state index contributed by atoms with van der Waals surface area (Å²) in [5, 5.41) is 12.3. The van der Waals surface area contributed by atoms with Crippen LogP contribution in [0.25, 0.3) is 0 Å². The topological polar surface area (TPSA) is 124 Å². The molecular weight excluding hydrogens is 416 g/mol. The number of hydrogen-bond donors (Lipinski definition) is 2. The van der Waals surface area contributed by atoms with Crippen LogP contribution in [0, 0.1) is 40.0 Å². The Balaban J connectivity index is 1.42. The van der Waals surface area contributed by atoms with Crippen molar-refractivity contribution in [2.24, 2.45) is 39.3 Å². The molecule has 4 unspecified atom stereocenters. The summed E-state index contributed by atoms with van der Waals surface area (Å²) in [6.07, 6.45) is 8.91. The fourth-order valence-electron chi connectivity index (χ4n) is 7.27. The van der Waals surface area contributed by atoms with Gasteiger partial charge in [0.05, 0.1) is 17.8 Å². The second-order valence-electron chi connectivity index (χ2n) is 10.8. The number of likely N-dealkylation sites (tertiary alicyclic amines) is 1. The van der Waals surface area contributed by atoms with Crippen molar-refractivity contribution in [3.05, 3.63) is 30.1 Å². The Morgan fingerprint density at radius 1 is 1.33 bits per heavy atom. The maximum atomic E-state index is 13.7. The molecule has 8 nitrogen and oxygen atoms in total. The smallest absolute Gasteiger partial charge is 0.236 e. The maximum Gasteiger partial charge on any atom is 0.236 e. The third-order valence-electron chi connectivity index (χ3n) is 8.89. The van der Waals surface area contributed by atoms with Gasteiger partial charge in [-0.25, -0.2) is 0 Å². The highest BCUT2D eigenvalue weighted by Gasteiger charge is 2.58. The lowest BCUT2D eigenvalue weighted by Gasteiger charge is -2.57. The van der Waals surface area contributed by atoms with Crippen LogP contribution in [0.3, 0.4) is 0 Å². The van der Waals surface area contributed by atoms with Gasteiger partial charge in [0.15, 0.2) is 6.19 Å². The maximum absolute atomic E-state index is 13.7. The second kappa shape index (κ2) is 7.82. The van der Waals surface area contributed by atoms with Crippen LogP contribution in [-0.4, -0.2) is 40.1 Å². The second-order valence-corrected chi connectivity index (χ2v) is 10.8. The molecule has 5 fully saturated rings. The first kappa shape index (κ1) is 21.9. The first-order valence-corrected chi connectivity index (χ1v) is 12.0. The fourth-order valence-corrected chi connectivity index (χ4v) is 7.27. The molecule has 1 aromatic heterocycles. The Bertz CT molecular complexity index is 1020. The third-order valence-corrected chi connectivity index (χ3v) is 8.89. The molecule has 0 spiro atoms. The van der Waals surface area contributed by atoms with Crippen LogP contribution >= 0.6 is 0 Å². The van der Waals surface area contributed by atoms with Crippen molar-refractivity contribution in [2.45, 2.75) is 64.5 Å². The van der Waals surface area contributed by atoms with Crippen LogP contribution in [0.5, 0.6) is 0 Å². The molecule has 0 aromatic carbocycles. The van der Waals surface area contributed by atoms with E-state index in [0.29, 0.717) is 24.7 Å². The van der Waals surface area contributed by atoms with Gasteiger partial charge in [-0.1, -0.05) is 6.07 Å². The number of aliphatic imine (C=N–C) groups is 1. The fraction of sp³-hybridized carbons (Fsp3) is 0.640. The minimum Gasteiger partial charge on any atom is -0.369 e. The number of nitrogens with one attached hydrogen (secondary N) is 1. The van der Waals surface area contributed by atoms with Crippen LogP contribution in [-0.2, 0) is 9.59 Å². The van der Waals surface area contributed by atoms with Crippen molar-refractivity contribution < 1.29 is 9.59 Å². The van der Waals surface area contributed by atoms with Gasteiger partial charge in [-0.2, -0.15) is 5.26 Å². The van der Waals surface area contributed by atoms with Crippen molar-refractivity contribution in [2.75, 3.05) is 6.54 Å². The summed E-state index contributed by atoms with van der Waals surface area (Å²) >= 11 is 0. The minimum atomic E-state index is -0.880. The van der Waals surface area contributed by atoms with E-state index in [-0.39, 0.29) is 41.1 Å². The molecule has 3 N–H and O–H groups in total. The zero-order valence-electron chi connectivity index (χ0n) is 19.3. The van der Waals surface area contributed by atoms with Gasteiger partial charge in [-0.05, 0) is 82.3 Å². The molecule has 4 atom stereocenters. The largest absolute Gasteiger partial charge is 0.369 e. The van der Waals surface area contributed by atoms with Crippen molar-refractivity contribution in [3.63, 3.8) is 0 Å². The highest BCUT2D eigenvalue weighted by Crippen LogP contribution is 2.60. The van der Waals surface area contributed by atoms with Crippen molar-refractivity contribution in [3.8, 4) is 6.19 Å². The van der Waals surface area contributed by atoms with Crippen LogP contribution in [0.15, 0.2) is 29.4 Å². The lowest BCUT2D eigenvalue weighted by molar-refractivity contribution is -0.144. The van der Waals surface area contributed by atoms with Gasteiger partial charge >= 0.3 is 0 Å². The Morgan fingerprint density at radius 2 is 2.06 bits per heavy atom. The minimum absolute atomic E-state index is 0.0248. The summed E-state index contributed by atoms with van der Waals surface area (Å²) in [5.74, 6) is 1.37. The molecule has 4 bridgehead atoms. The highest BCUT2D eigenvalue weighted by atomic mass is 16.2. The normalized spacial score (nSPS) is 38.3. The molecule has 2 amide bonds. The molecular formula is C25H32N6O2. The summed E-state index contributed by atoms with van der Waals surface area (Å²) < 4.78 is 0. The van der Waals surface area contributed by atoms with E-state index in [1.807, 2.05) is 43.1 Å². The van der Waals surface area contributed by atoms with Gasteiger partial charge in [0, 0.05) is 18.2 Å². The number of aromatic nitrogens is 1. The summed E-state index contributed by atoms with van der Waals surface area (Å²) in [7, 11) is 0. The van der Waals surface area contributed by atoms with Gasteiger partial charge in [-0.15, -0.1) is 0 Å². The quantitative estimate of drug-likeness (QED) is 0.310. The van der Waals surface area contributed by atoms with E-state index in [4.69, 9.17) is 10.7 Å². The lowest BCUT2D eigenvalue weighted by atomic mass is 9.47. The van der Waals surface area contributed by atoms with E-state index in [1.165, 1.54) is 0 Å². The van der Waals surface area contributed by atoms with E-state index < -0.39 is 5.41 Å². The Morgan fingerprint density at radius 3 is 2.67 bits per heavy atom. The molecule has 4 aliphatic carbocycles. The molecule has 4 saturated carbocycles. The summed E-state index contributed by atoms with van der Waals surface area (Å²) in [6.45, 7) is 4.47. The SMILES string of the molecule is CC(c1ccccn1)N1CCC(C)(C(=NC2C3CC4CC2CC(C(N)=O)(C4)C3)NC#N)C1=O. The number of nitrogens with two attached hydrogens (primary N) is 1. The van der Waals surface area contributed by atoms with Gasteiger partial charge < -0.3 is 10.6 Å². The van der Waals surface area contributed by atoms with Crippen LogP contribution in [0.2, 0.25) is 0 Å². The highest BCUT2D eigenvalue weighted by molar-refractivity contribution is 6.09. The van der Waals surface area contributed by atoms with Crippen molar-refractivity contribution in [1.82, 2.24) is 15.2 Å². The van der Waals surface area contributed by atoms with E-state index in [9.17, 15) is 14.9 Å². The van der Waals surface area contributed by atoms with Gasteiger partial charge in [0.1, 0.15) is 11.3 Å². The number of nitriles is 1. The van der Waals surface area contributed by atoms with Gasteiger partial charge in [-0.3, -0.25) is 24.9 Å². The number of amidine groups is 1. The Labute approximate surface area is 194 Å². The van der Waals surface area contributed by atoms with Crippen LogP contribution < -0.4 is 11.1 Å². The third kappa shape index (κ3) is 3.40. The molecule has 1 aromatic rings. The zero-order chi connectivity index (χ0) is 23.4. The number of primary amides is 1. The molecule has 33 heavy (non-hydrogen) atoms. The van der Waals surface area contributed by atoms with Gasteiger partial charge in [0.25, 0.3) is 0 Å². The average molecular weight is 449 g/mol. The predicted octanol–water partition coefficient (Wildman–Crippen LogP) is 2.53. The number of hydrogen-bond acceptors (Lipinski definition) is 5. The number of carbonyl (C=O) groups excluding carboxylic acids is 2. The molecule has 6 rings (SSSR count). The standard InChI is InChI=1S/C25H32N6O2/c1-15(19-5-3-4-7-28-19)31-8-6-24(2,23(31)33)22(29-14-26)30-20-17-9-16-10-18(20)13-25(11-16,12-17)21(27)32/h3-5,7,15-18,20H,6,8-13H2,1-2H3,(H2,27,32)(H,29,30). The van der Waals surface area contributed by atoms with E-state index >= 15 is 0 Å². The van der Waals surface area contributed by atoms with Crippen LogP contribution in [0.4, 0.5) is 0 Å². The average Bonchev–Trinajstić information content (AvgIpc) is 3.10. The Kier molecular flexibility index (Phi) is 5.19. The number of amides is 2. The molecule has 1 aliphatic heterocycles. The van der Waals surface area contributed by atoms with Crippen LogP contribution in [0.1, 0.15) is 64.1 Å². The predicted molar refractivity (Wildman–Crippen MR) is 122 cm³/mol. The number of rotatable bonds is 5. The van der Waals surface area contributed by atoms with E-state index in [0.717, 1.165) is 37.8 Å². The summed E-state index contributed by atoms with van der Waals surface area (Å²) in [6, 6.07) is 5.59. The molecule has 1 saturated heterocycles. The molecule has 5 aliphatic rings. The van der Waals surface area contributed by atoms with Gasteiger partial charge in [0.2, 0.25) is 11.8 Å². The summed E-state index contributed by atoms with van der Waals surface area (Å²) in [4.78, 5) is 37.3. The summed E-state index contributed by atoms with van der Waals surface area (Å²) in [5.41, 5.74) is 5.42. The van der Waals surface area contributed by atoms with Crippen molar-refractivity contribution >= 4 is 17.6 Å². The van der Waals surface area contributed by atoms with Crippen molar-refractivity contribution in [1.29, 1.82) is 5.26 Å². The monoisotopic (exact) mass is 448 g/mol. The number of nitrogens with zero attached hydrogens (tertiary/aromatic N) is 4.